The van der Waals surface area contributed by atoms with Gasteiger partial charge in [0.2, 0.25) is 0 Å². The van der Waals surface area contributed by atoms with Crippen molar-refractivity contribution in [3.63, 3.8) is 0 Å². The molecule has 4 aromatic carbocycles. The van der Waals surface area contributed by atoms with Gasteiger partial charge in [0, 0.05) is 15.6 Å². The third kappa shape index (κ3) is 6.96. The Bertz CT molecular complexity index is 1690. The van der Waals surface area contributed by atoms with Gasteiger partial charge in [-0.15, -0.1) is 0 Å². The summed E-state index contributed by atoms with van der Waals surface area (Å²) in [4.78, 5) is 20.7. The van der Waals surface area contributed by atoms with Crippen LogP contribution >= 0.6 is 46.6 Å². The highest BCUT2D eigenvalue weighted by molar-refractivity contribution is 8.19. The Morgan fingerprint density at radius 3 is 2.21 bits per heavy atom. The molecular weight excluding hydrogens is 611 g/mol. The zero-order valence-electron chi connectivity index (χ0n) is 23.2. The van der Waals surface area contributed by atoms with Crippen molar-refractivity contribution in [2.24, 2.45) is 4.99 Å². The molecule has 4 aromatic rings. The minimum absolute atomic E-state index is 0.176. The minimum atomic E-state index is -0.179. The zero-order chi connectivity index (χ0) is 29.8. The summed E-state index contributed by atoms with van der Waals surface area (Å²) < 4.78 is 11.9. The van der Waals surface area contributed by atoms with Crippen LogP contribution < -0.4 is 14.4 Å². The van der Waals surface area contributed by atoms with Crippen molar-refractivity contribution in [1.82, 2.24) is 0 Å². The van der Waals surface area contributed by atoms with Crippen LogP contribution in [0.15, 0.2) is 88.8 Å². The number of anilines is 1. The summed E-state index contributed by atoms with van der Waals surface area (Å²) in [6, 6.07) is 24.4. The lowest BCUT2D eigenvalue weighted by Gasteiger charge is -2.16. The number of halogens is 3. The molecule has 5 rings (SSSR count). The Morgan fingerprint density at radius 2 is 1.55 bits per heavy atom. The SMILES string of the molecule is CCOc1cc(/C=C2\SC(=Nc3ccc(C)cc3)N(c3ccc(C)cc3)C2=O)cc(Cl)c1OCc1ccc(Cl)cc1Cl. The van der Waals surface area contributed by atoms with Gasteiger partial charge in [0.05, 0.1) is 27.9 Å². The fourth-order valence-corrected chi connectivity index (χ4v) is 5.95. The molecule has 1 aliphatic rings. The maximum absolute atomic E-state index is 13.8. The van der Waals surface area contributed by atoms with Crippen LogP contribution in [0.25, 0.3) is 6.08 Å². The van der Waals surface area contributed by atoms with Crippen LogP contribution in [-0.2, 0) is 11.4 Å². The molecule has 42 heavy (non-hydrogen) atoms. The number of carbonyl (C=O) groups is 1. The van der Waals surface area contributed by atoms with Gasteiger partial charge in [-0.25, -0.2) is 4.99 Å². The van der Waals surface area contributed by atoms with E-state index in [1.54, 1.807) is 41.3 Å². The minimum Gasteiger partial charge on any atom is -0.490 e. The van der Waals surface area contributed by atoms with E-state index in [2.05, 4.69) is 0 Å². The van der Waals surface area contributed by atoms with Crippen LogP contribution in [0.3, 0.4) is 0 Å². The molecule has 0 spiro atoms. The second kappa shape index (κ2) is 13.3. The topological polar surface area (TPSA) is 51.1 Å². The third-order valence-corrected chi connectivity index (χ3v) is 8.21. The maximum Gasteiger partial charge on any atom is 0.271 e. The number of hydrogen-bond donors (Lipinski definition) is 0. The van der Waals surface area contributed by atoms with Gasteiger partial charge in [0.25, 0.3) is 5.91 Å². The predicted octanol–water partition coefficient (Wildman–Crippen LogP) is 10.0. The number of hydrogen-bond acceptors (Lipinski definition) is 5. The van der Waals surface area contributed by atoms with Gasteiger partial charge in [-0.05, 0) is 92.7 Å². The number of carbonyl (C=O) groups excluding carboxylic acids is 1. The van der Waals surface area contributed by atoms with E-state index in [0.717, 1.165) is 28.1 Å². The molecule has 5 nitrogen and oxygen atoms in total. The van der Waals surface area contributed by atoms with Crippen molar-refractivity contribution in [2.75, 3.05) is 11.5 Å². The van der Waals surface area contributed by atoms with E-state index in [9.17, 15) is 4.79 Å². The van der Waals surface area contributed by atoms with Gasteiger partial charge in [-0.1, -0.05) is 76.3 Å². The highest BCUT2D eigenvalue weighted by Crippen LogP contribution is 2.41. The van der Waals surface area contributed by atoms with E-state index < -0.39 is 0 Å². The molecule has 1 amide bonds. The number of benzene rings is 4. The molecule has 1 aliphatic heterocycles. The number of amidine groups is 1. The highest BCUT2D eigenvalue weighted by Gasteiger charge is 2.35. The van der Waals surface area contributed by atoms with Crippen molar-refractivity contribution >= 4 is 75.1 Å². The molecule has 0 N–H and O–H groups in total. The lowest BCUT2D eigenvalue weighted by atomic mass is 10.1. The molecule has 214 valence electrons. The van der Waals surface area contributed by atoms with Crippen LogP contribution in [0, 0.1) is 13.8 Å². The van der Waals surface area contributed by atoms with Gasteiger partial charge >= 0.3 is 0 Å². The van der Waals surface area contributed by atoms with E-state index in [4.69, 9.17) is 49.3 Å². The second-order valence-corrected chi connectivity index (χ2v) is 11.9. The standard InChI is InChI=1S/C33H27Cl3N2O3S/c1-4-40-29-16-22(15-28(36)31(29)41-19-23-9-10-24(34)18-27(23)35)17-30-32(39)38(26-13-7-21(3)8-14-26)33(42-30)37-25-11-5-20(2)6-12-25/h5-18H,4,19H2,1-3H3/b30-17-,37-33?. The van der Waals surface area contributed by atoms with Gasteiger partial charge in [0.15, 0.2) is 16.7 Å². The summed E-state index contributed by atoms with van der Waals surface area (Å²) in [6.07, 6.45) is 1.79. The first kappa shape index (κ1) is 30.1. The van der Waals surface area contributed by atoms with Crippen LogP contribution in [0.4, 0.5) is 11.4 Å². The first-order valence-corrected chi connectivity index (χ1v) is 15.2. The number of aliphatic imine (C=N–C) groups is 1. The molecule has 0 saturated carbocycles. The predicted molar refractivity (Wildman–Crippen MR) is 176 cm³/mol. The van der Waals surface area contributed by atoms with Crippen LogP contribution in [-0.4, -0.2) is 17.7 Å². The van der Waals surface area contributed by atoms with Gasteiger partial charge in [0.1, 0.15) is 6.61 Å². The smallest absolute Gasteiger partial charge is 0.271 e. The van der Waals surface area contributed by atoms with E-state index >= 15 is 0 Å². The molecule has 0 aliphatic carbocycles. The van der Waals surface area contributed by atoms with Crippen LogP contribution in [0.2, 0.25) is 15.1 Å². The summed E-state index contributed by atoms with van der Waals surface area (Å²) >= 11 is 20.3. The highest BCUT2D eigenvalue weighted by atomic mass is 35.5. The molecule has 0 unspecified atom stereocenters. The Labute approximate surface area is 264 Å². The van der Waals surface area contributed by atoms with Crippen molar-refractivity contribution in [1.29, 1.82) is 0 Å². The molecule has 0 atom stereocenters. The summed E-state index contributed by atoms with van der Waals surface area (Å²) in [5.74, 6) is 0.669. The molecular formula is C33H27Cl3N2O3S. The Balaban J connectivity index is 1.48. The third-order valence-electron chi connectivity index (χ3n) is 6.37. The second-order valence-electron chi connectivity index (χ2n) is 9.60. The number of nitrogens with zero attached hydrogens (tertiary/aromatic N) is 2. The Morgan fingerprint density at radius 1 is 0.857 bits per heavy atom. The van der Waals surface area contributed by atoms with Crippen LogP contribution in [0.5, 0.6) is 11.5 Å². The molecule has 1 fully saturated rings. The average molecular weight is 638 g/mol. The van der Waals surface area contributed by atoms with E-state index in [1.165, 1.54) is 11.8 Å². The lowest BCUT2D eigenvalue weighted by Crippen LogP contribution is -2.28. The average Bonchev–Trinajstić information content (AvgIpc) is 3.25. The molecule has 9 heteroatoms. The van der Waals surface area contributed by atoms with Gasteiger partial charge < -0.3 is 9.47 Å². The molecule has 0 bridgehead atoms. The fraction of sp³-hybridized carbons (Fsp3) is 0.152. The van der Waals surface area contributed by atoms with Gasteiger partial charge in [-0.2, -0.15) is 0 Å². The fourth-order valence-electron chi connectivity index (χ4n) is 4.21. The number of ether oxygens (including phenoxy) is 2. The van der Waals surface area contributed by atoms with Gasteiger partial charge in [-0.3, -0.25) is 9.69 Å². The quantitative estimate of drug-likeness (QED) is 0.180. The first-order chi connectivity index (χ1) is 20.2. The number of amides is 1. The Hall–Kier alpha value is -3.42. The molecule has 1 saturated heterocycles. The maximum atomic E-state index is 13.8. The van der Waals surface area contributed by atoms with E-state index in [-0.39, 0.29) is 12.5 Å². The summed E-state index contributed by atoms with van der Waals surface area (Å²) in [5.41, 5.74) is 5.19. The number of rotatable bonds is 8. The molecule has 0 aromatic heterocycles. The largest absolute Gasteiger partial charge is 0.490 e. The number of aryl methyl sites for hydroxylation is 2. The summed E-state index contributed by atoms with van der Waals surface area (Å²) in [7, 11) is 0. The van der Waals surface area contributed by atoms with E-state index in [1.807, 2.05) is 69.3 Å². The monoisotopic (exact) mass is 636 g/mol. The molecule has 1 heterocycles. The van der Waals surface area contributed by atoms with Crippen LogP contribution in [0.1, 0.15) is 29.2 Å². The Kier molecular flexibility index (Phi) is 9.49. The van der Waals surface area contributed by atoms with Crippen molar-refractivity contribution in [3.8, 4) is 11.5 Å². The van der Waals surface area contributed by atoms with Crippen molar-refractivity contribution in [3.05, 3.63) is 121 Å². The van der Waals surface area contributed by atoms with Crippen molar-refractivity contribution in [2.45, 2.75) is 27.4 Å². The first-order valence-electron chi connectivity index (χ1n) is 13.2. The van der Waals surface area contributed by atoms with E-state index in [0.29, 0.717) is 48.8 Å². The summed E-state index contributed by atoms with van der Waals surface area (Å²) in [5, 5.41) is 1.95. The summed E-state index contributed by atoms with van der Waals surface area (Å²) in [6.45, 7) is 6.48. The normalized spacial score (nSPS) is 15.1. The van der Waals surface area contributed by atoms with Crippen molar-refractivity contribution < 1.29 is 14.3 Å². The lowest BCUT2D eigenvalue weighted by molar-refractivity contribution is -0.113. The zero-order valence-corrected chi connectivity index (χ0v) is 26.2. The molecule has 0 radical (unpaired) electrons. The number of thioether (sulfide) groups is 1.